The van der Waals surface area contributed by atoms with E-state index in [0.717, 1.165) is 38.0 Å². The number of para-hydroxylation sites is 1. The topological polar surface area (TPSA) is 73.8 Å². The monoisotopic (exact) mass is 544 g/mol. The molecule has 0 radical (unpaired) electrons. The summed E-state index contributed by atoms with van der Waals surface area (Å²) in [4.78, 5) is 0. The van der Waals surface area contributed by atoms with Crippen molar-refractivity contribution in [2.24, 2.45) is 0 Å². The molecule has 0 saturated carbocycles. The van der Waals surface area contributed by atoms with Gasteiger partial charge in [-0.25, -0.2) is 0 Å². The molecule has 8 nitrogen and oxygen atoms in total. The molecule has 38 heavy (non-hydrogen) atoms. The summed E-state index contributed by atoms with van der Waals surface area (Å²) >= 11 is 0. The molecule has 0 aromatic heterocycles. The van der Waals surface area contributed by atoms with Crippen LogP contribution in [-0.2, 0) is 33.2 Å². The highest BCUT2D eigenvalue weighted by Gasteiger charge is 2.13. The fourth-order valence-electron chi connectivity index (χ4n) is 3.56. The lowest BCUT2D eigenvalue weighted by atomic mass is 10.1. The van der Waals surface area contributed by atoms with Crippen LogP contribution in [0.1, 0.15) is 60.3 Å². The lowest BCUT2D eigenvalue weighted by Crippen LogP contribution is -2.23. The first-order valence-corrected chi connectivity index (χ1v) is 14.2. The Morgan fingerprint density at radius 1 is 0.579 bits per heavy atom. The first-order chi connectivity index (χ1) is 18.5. The number of benzene rings is 1. The summed E-state index contributed by atoms with van der Waals surface area (Å²) in [5, 5.41) is 0. The minimum atomic E-state index is 0.181. The standard InChI is InChI=1S/C17H28O4.C13H28O4/c1-4-16(14-15(2)19-11-10-18-3)20-12-13-21-17-8-6-5-7-9-17;1-5-13(17-10-8-15-6-2)11-12(3)16-9-7-14-4/h5-9,15-16H,4,10-14H2,1-3H3;12-13H,5-11H2,1-4H3. The number of ether oxygens (including phenoxy) is 8. The van der Waals surface area contributed by atoms with Crippen LogP contribution in [0.15, 0.2) is 30.3 Å². The molecule has 0 N–H and O–H groups in total. The Morgan fingerprint density at radius 2 is 1.05 bits per heavy atom. The van der Waals surface area contributed by atoms with E-state index in [0.29, 0.717) is 52.9 Å². The average Bonchev–Trinajstić information content (AvgIpc) is 2.93. The molecule has 224 valence electrons. The van der Waals surface area contributed by atoms with Crippen LogP contribution in [0.3, 0.4) is 0 Å². The zero-order valence-electron chi connectivity index (χ0n) is 25.2. The van der Waals surface area contributed by atoms with Gasteiger partial charge in [0, 0.05) is 20.8 Å². The van der Waals surface area contributed by atoms with Gasteiger partial charge in [-0.2, -0.15) is 0 Å². The van der Waals surface area contributed by atoms with E-state index in [1.165, 1.54) is 0 Å². The van der Waals surface area contributed by atoms with Gasteiger partial charge in [0.25, 0.3) is 0 Å². The summed E-state index contributed by atoms with van der Waals surface area (Å²) in [5.74, 6) is 0.880. The van der Waals surface area contributed by atoms with E-state index in [1.807, 2.05) is 37.3 Å². The van der Waals surface area contributed by atoms with E-state index in [2.05, 4.69) is 27.7 Å². The van der Waals surface area contributed by atoms with Crippen LogP contribution >= 0.6 is 0 Å². The van der Waals surface area contributed by atoms with E-state index in [9.17, 15) is 0 Å². The van der Waals surface area contributed by atoms with Gasteiger partial charge in [-0.1, -0.05) is 32.0 Å². The molecule has 1 rings (SSSR count). The Hall–Kier alpha value is -1.26. The normalized spacial score (nSPS) is 14.3. The van der Waals surface area contributed by atoms with Crippen molar-refractivity contribution in [3.63, 3.8) is 0 Å². The SMILES string of the molecule is CCC(CC(C)OCCOC)OCCOc1ccccc1.CCOCCOC(CC)CC(C)OCCOC. The summed E-state index contributed by atoms with van der Waals surface area (Å²) in [7, 11) is 3.36. The van der Waals surface area contributed by atoms with Gasteiger partial charge in [0.1, 0.15) is 12.4 Å². The van der Waals surface area contributed by atoms with Gasteiger partial charge in [0.2, 0.25) is 0 Å². The molecule has 4 atom stereocenters. The van der Waals surface area contributed by atoms with Gasteiger partial charge in [-0.15, -0.1) is 0 Å². The van der Waals surface area contributed by atoms with Crippen molar-refractivity contribution in [3.8, 4) is 5.75 Å². The average molecular weight is 545 g/mol. The fraction of sp³-hybridized carbons (Fsp3) is 0.800. The smallest absolute Gasteiger partial charge is 0.119 e. The maximum atomic E-state index is 5.85. The molecule has 1 aromatic rings. The van der Waals surface area contributed by atoms with Crippen molar-refractivity contribution in [2.45, 2.75) is 84.7 Å². The minimum Gasteiger partial charge on any atom is -0.491 e. The van der Waals surface area contributed by atoms with Crippen LogP contribution in [0.4, 0.5) is 0 Å². The summed E-state index contributed by atoms with van der Waals surface area (Å²) in [6.45, 7) is 16.2. The fourth-order valence-corrected chi connectivity index (χ4v) is 3.56. The molecule has 0 aliphatic rings. The molecular formula is C30H56O8. The molecule has 8 heteroatoms. The van der Waals surface area contributed by atoms with Gasteiger partial charge in [-0.05, 0) is 58.6 Å². The first-order valence-electron chi connectivity index (χ1n) is 14.2. The molecular weight excluding hydrogens is 488 g/mol. The van der Waals surface area contributed by atoms with Crippen molar-refractivity contribution in [2.75, 3.05) is 73.7 Å². The molecule has 0 heterocycles. The molecule has 0 spiro atoms. The lowest BCUT2D eigenvalue weighted by Gasteiger charge is -2.21. The van der Waals surface area contributed by atoms with E-state index in [4.69, 9.17) is 37.9 Å². The van der Waals surface area contributed by atoms with Crippen molar-refractivity contribution < 1.29 is 37.9 Å². The number of methoxy groups -OCH3 is 2. The van der Waals surface area contributed by atoms with Crippen molar-refractivity contribution in [1.29, 1.82) is 0 Å². The van der Waals surface area contributed by atoms with Crippen LogP contribution < -0.4 is 4.74 Å². The highest BCUT2D eigenvalue weighted by atomic mass is 16.5. The number of hydrogen-bond donors (Lipinski definition) is 0. The predicted octanol–water partition coefficient (Wildman–Crippen LogP) is 5.56. The van der Waals surface area contributed by atoms with Gasteiger partial charge >= 0.3 is 0 Å². The van der Waals surface area contributed by atoms with Crippen LogP contribution in [0.5, 0.6) is 5.75 Å². The van der Waals surface area contributed by atoms with E-state index in [1.54, 1.807) is 14.2 Å². The van der Waals surface area contributed by atoms with Crippen molar-refractivity contribution >= 4 is 0 Å². The Kier molecular flexibility index (Phi) is 26.4. The zero-order chi connectivity index (χ0) is 28.3. The predicted molar refractivity (Wildman–Crippen MR) is 152 cm³/mol. The van der Waals surface area contributed by atoms with E-state index < -0.39 is 0 Å². The highest BCUT2D eigenvalue weighted by molar-refractivity contribution is 5.20. The molecule has 4 unspecified atom stereocenters. The molecule has 0 aliphatic carbocycles. The van der Waals surface area contributed by atoms with Crippen LogP contribution in [-0.4, -0.2) is 98.1 Å². The Morgan fingerprint density at radius 3 is 1.50 bits per heavy atom. The van der Waals surface area contributed by atoms with E-state index >= 15 is 0 Å². The summed E-state index contributed by atoms with van der Waals surface area (Å²) in [6.07, 6.45) is 4.66. The lowest BCUT2D eigenvalue weighted by molar-refractivity contribution is -0.0375. The Balaban J connectivity index is 0.000000739. The summed E-state index contributed by atoms with van der Waals surface area (Å²) in [5.41, 5.74) is 0. The first kappa shape index (κ1) is 36.7. The van der Waals surface area contributed by atoms with Gasteiger partial charge < -0.3 is 37.9 Å². The van der Waals surface area contributed by atoms with Crippen LogP contribution in [0.25, 0.3) is 0 Å². The van der Waals surface area contributed by atoms with Crippen LogP contribution in [0, 0.1) is 0 Å². The van der Waals surface area contributed by atoms with Gasteiger partial charge in [0.05, 0.1) is 70.7 Å². The number of rotatable bonds is 24. The maximum Gasteiger partial charge on any atom is 0.119 e. The largest absolute Gasteiger partial charge is 0.491 e. The molecule has 1 aromatic carbocycles. The molecule has 0 fully saturated rings. The summed E-state index contributed by atoms with van der Waals surface area (Å²) < 4.78 is 43.6. The molecule has 0 amide bonds. The summed E-state index contributed by atoms with van der Waals surface area (Å²) in [6, 6.07) is 9.79. The second-order valence-corrected chi connectivity index (χ2v) is 8.98. The second-order valence-electron chi connectivity index (χ2n) is 8.98. The molecule has 0 aliphatic heterocycles. The maximum absolute atomic E-state index is 5.85. The zero-order valence-corrected chi connectivity index (χ0v) is 25.2. The van der Waals surface area contributed by atoms with Gasteiger partial charge in [-0.3, -0.25) is 0 Å². The van der Waals surface area contributed by atoms with Crippen LogP contribution in [0.2, 0.25) is 0 Å². The molecule has 0 bridgehead atoms. The minimum absolute atomic E-state index is 0.181. The van der Waals surface area contributed by atoms with E-state index in [-0.39, 0.29) is 24.4 Å². The second kappa shape index (κ2) is 27.3. The third kappa shape index (κ3) is 22.7. The van der Waals surface area contributed by atoms with Gasteiger partial charge in [0.15, 0.2) is 0 Å². The third-order valence-corrected chi connectivity index (χ3v) is 5.71. The Labute approximate surface area is 232 Å². The third-order valence-electron chi connectivity index (χ3n) is 5.71. The number of hydrogen-bond acceptors (Lipinski definition) is 8. The Bertz CT molecular complexity index is 589. The highest BCUT2D eigenvalue weighted by Crippen LogP contribution is 2.12. The van der Waals surface area contributed by atoms with Crippen molar-refractivity contribution in [3.05, 3.63) is 30.3 Å². The quantitative estimate of drug-likeness (QED) is 0.157. The molecule has 0 saturated heterocycles. The van der Waals surface area contributed by atoms with Crippen molar-refractivity contribution in [1.82, 2.24) is 0 Å².